The van der Waals surface area contributed by atoms with Gasteiger partial charge in [0.25, 0.3) is 5.91 Å². The Balaban J connectivity index is 1.20. The number of rotatable bonds is 5. The van der Waals surface area contributed by atoms with Crippen molar-refractivity contribution in [3.05, 3.63) is 40.1 Å². The van der Waals surface area contributed by atoms with Crippen molar-refractivity contribution in [1.29, 1.82) is 0 Å². The highest BCUT2D eigenvalue weighted by molar-refractivity contribution is 5.78. The van der Waals surface area contributed by atoms with Gasteiger partial charge in [0, 0.05) is 44.1 Å². The number of likely N-dealkylation sites (tertiary alicyclic amines) is 1. The number of fused-ring (bicyclic) bond motifs is 1. The number of hydrogen-bond acceptors (Lipinski definition) is 5. The van der Waals surface area contributed by atoms with E-state index >= 15 is 0 Å². The molecule has 2 aromatic rings. The zero-order valence-corrected chi connectivity index (χ0v) is 19.9. The first kappa shape index (κ1) is 22.0. The fraction of sp³-hybridized carbons (Fsp3) is 0.640. The third-order valence-corrected chi connectivity index (χ3v) is 7.29. The molecular formula is C25H34N4O4. The molecule has 1 aromatic heterocycles. The molecule has 33 heavy (non-hydrogen) atoms. The van der Waals surface area contributed by atoms with Crippen molar-refractivity contribution in [1.82, 2.24) is 19.2 Å². The molecule has 0 radical (unpaired) electrons. The van der Waals surface area contributed by atoms with Gasteiger partial charge in [-0.15, -0.1) is 0 Å². The molecule has 2 aliphatic heterocycles. The first-order valence-electron chi connectivity index (χ1n) is 12.2. The second-order valence-corrected chi connectivity index (χ2v) is 10.3. The first-order valence-corrected chi connectivity index (χ1v) is 12.2. The van der Waals surface area contributed by atoms with Gasteiger partial charge < -0.3 is 14.4 Å². The summed E-state index contributed by atoms with van der Waals surface area (Å²) in [5.74, 6) is 2.48. The van der Waals surface area contributed by atoms with E-state index in [9.17, 15) is 9.59 Å². The number of piperidine rings is 1. The van der Waals surface area contributed by atoms with Crippen LogP contribution in [0.1, 0.15) is 75.7 Å². The summed E-state index contributed by atoms with van der Waals surface area (Å²) in [6.07, 6.45) is 6.91. The van der Waals surface area contributed by atoms with Crippen molar-refractivity contribution in [3.8, 4) is 11.5 Å². The molecular weight excluding hydrogens is 420 g/mol. The van der Waals surface area contributed by atoms with Gasteiger partial charge in [-0.05, 0) is 45.6 Å². The van der Waals surface area contributed by atoms with Gasteiger partial charge in [-0.3, -0.25) is 9.36 Å². The van der Waals surface area contributed by atoms with Crippen molar-refractivity contribution < 1.29 is 14.3 Å². The Labute approximate surface area is 194 Å². The molecule has 0 N–H and O–H groups in total. The molecule has 0 unspecified atom stereocenters. The molecule has 5 rings (SSSR count). The van der Waals surface area contributed by atoms with Gasteiger partial charge in [0.05, 0.1) is 0 Å². The summed E-state index contributed by atoms with van der Waals surface area (Å²) in [7, 11) is 1.73. The summed E-state index contributed by atoms with van der Waals surface area (Å²) in [6.45, 7) is 5.42. The number of nitrogens with zero attached hydrogens (tertiary/aromatic N) is 4. The molecule has 3 aliphatic rings. The Kier molecular flexibility index (Phi) is 5.70. The SMILES string of the molecule is Cn1nc(C2CCN(C(=O)COc3cccc4c3OC(C)(C)C4)CC2)n(C2CCCC2)c1=O. The molecule has 0 bridgehead atoms. The molecule has 2 fully saturated rings. The number of amides is 1. The molecule has 1 aliphatic carbocycles. The summed E-state index contributed by atoms with van der Waals surface area (Å²) < 4.78 is 15.4. The van der Waals surface area contributed by atoms with Crippen LogP contribution >= 0.6 is 0 Å². The summed E-state index contributed by atoms with van der Waals surface area (Å²) in [5.41, 5.74) is 0.859. The van der Waals surface area contributed by atoms with Crippen molar-refractivity contribution >= 4 is 5.91 Å². The van der Waals surface area contributed by atoms with Gasteiger partial charge in [0.15, 0.2) is 18.1 Å². The predicted molar refractivity (Wildman–Crippen MR) is 124 cm³/mol. The smallest absolute Gasteiger partial charge is 0.345 e. The zero-order valence-electron chi connectivity index (χ0n) is 19.9. The van der Waals surface area contributed by atoms with Gasteiger partial charge in [-0.2, -0.15) is 5.10 Å². The minimum absolute atomic E-state index is 0.00127. The van der Waals surface area contributed by atoms with E-state index in [1.54, 1.807) is 7.05 Å². The molecule has 1 amide bonds. The maximum absolute atomic E-state index is 12.9. The lowest BCUT2D eigenvalue weighted by atomic mass is 9.95. The van der Waals surface area contributed by atoms with E-state index in [0.29, 0.717) is 18.8 Å². The number of ether oxygens (including phenoxy) is 2. The highest BCUT2D eigenvalue weighted by Crippen LogP contribution is 2.41. The third kappa shape index (κ3) is 4.27. The van der Waals surface area contributed by atoms with E-state index in [1.807, 2.05) is 27.7 Å². The van der Waals surface area contributed by atoms with Crippen LogP contribution in [0.5, 0.6) is 11.5 Å². The monoisotopic (exact) mass is 454 g/mol. The number of hydrogen-bond donors (Lipinski definition) is 0. The number of benzene rings is 1. The maximum atomic E-state index is 12.9. The van der Waals surface area contributed by atoms with E-state index in [2.05, 4.69) is 18.9 Å². The number of carbonyl (C=O) groups excluding carboxylic acids is 1. The molecule has 1 saturated carbocycles. The van der Waals surface area contributed by atoms with Crippen LogP contribution in [-0.2, 0) is 18.3 Å². The van der Waals surface area contributed by atoms with E-state index in [1.165, 1.54) is 17.5 Å². The molecule has 1 aromatic carbocycles. The summed E-state index contributed by atoms with van der Waals surface area (Å²) in [4.78, 5) is 27.4. The van der Waals surface area contributed by atoms with Gasteiger partial charge >= 0.3 is 5.69 Å². The van der Waals surface area contributed by atoms with Crippen molar-refractivity contribution in [2.75, 3.05) is 19.7 Å². The number of para-hydroxylation sites is 1. The van der Waals surface area contributed by atoms with Crippen LogP contribution in [0.3, 0.4) is 0 Å². The van der Waals surface area contributed by atoms with Crippen LogP contribution < -0.4 is 15.2 Å². The van der Waals surface area contributed by atoms with Gasteiger partial charge in [0.2, 0.25) is 0 Å². The number of aromatic nitrogens is 3. The second kappa shape index (κ2) is 8.54. The van der Waals surface area contributed by atoms with E-state index in [0.717, 1.165) is 49.2 Å². The van der Waals surface area contributed by atoms with E-state index in [4.69, 9.17) is 9.47 Å². The lowest BCUT2D eigenvalue weighted by molar-refractivity contribution is -0.134. The standard InChI is InChI=1S/C25H34N4O4/c1-25(2)15-18-7-6-10-20(22(18)33-25)32-16-21(30)28-13-11-17(12-14-28)23-26-27(3)24(31)29(23)19-8-4-5-9-19/h6-7,10,17,19H,4-5,8-9,11-16H2,1-3H3. The predicted octanol–water partition coefficient (Wildman–Crippen LogP) is 3.20. The summed E-state index contributed by atoms with van der Waals surface area (Å²) >= 11 is 0. The highest BCUT2D eigenvalue weighted by atomic mass is 16.5. The average Bonchev–Trinajstić information content (AvgIpc) is 3.49. The summed E-state index contributed by atoms with van der Waals surface area (Å²) in [6, 6.07) is 6.13. The summed E-state index contributed by atoms with van der Waals surface area (Å²) in [5, 5.41) is 4.59. The molecule has 178 valence electrons. The maximum Gasteiger partial charge on any atom is 0.345 e. The Morgan fingerprint density at radius 1 is 1.18 bits per heavy atom. The van der Waals surface area contributed by atoms with Crippen molar-refractivity contribution in [2.24, 2.45) is 7.05 Å². The number of aryl methyl sites for hydroxylation is 1. The minimum atomic E-state index is -0.252. The average molecular weight is 455 g/mol. The van der Waals surface area contributed by atoms with Crippen LogP contribution in [0.25, 0.3) is 0 Å². The highest BCUT2D eigenvalue weighted by Gasteiger charge is 2.34. The van der Waals surface area contributed by atoms with Crippen LogP contribution in [0.2, 0.25) is 0 Å². The molecule has 1 saturated heterocycles. The largest absolute Gasteiger partial charge is 0.483 e. The van der Waals surface area contributed by atoms with Crippen LogP contribution in [0, 0.1) is 0 Å². The fourth-order valence-electron chi connectivity index (χ4n) is 5.60. The normalized spacial score (nSPS) is 20.6. The number of carbonyl (C=O) groups is 1. The van der Waals surface area contributed by atoms with E-state index in [-0.39, 0.29) is 35.8 Å². The van der Waals surface area contributed by atoms with Gasteiger partial charge in [-0.25, -0.2) is 9.48 Å². The first-order chi connectivity index (χ1) is 15.8. The molecule has 3 heterocycles. The molecule has 8 nitrogen and oxygen atoms in total. The minimum Gasteiger partial charge on any atom is -0.483 e. The fourth-order valence-corrected chi connectivity index (χ4v) is 5.60. The van der Waals surface area contributed by atoms with Crippen LogP contribution in [0.4, 0.5) is 0 Å². The van der Waals surface area contributed by atoms with Gasteiger partial charge in [0.1, 0.15) is 11.4 Å². The molecule has 0 spiro atoms. The molecule has 8 heteroatoms. The Morgan fingerprint density at radius 3 is 2.64 bits per heavy atom. The third-order valence-electron chi connectivity index (χ3n) is 7.29. The Bertz CT molecular complexity index is 1090. The van der Waals surface area contributed by atoms with E-state index < -0.39 is 0 Å². The van der Waals surface area contributed by atoms with Crippen molar-refractivity contribution in [2.45, 2.75) is 76.4 Å². The second-order valence-electron chi connectivity index (χ2n) is 10.3. The Hall–Kier alpha value is -2.77. The topological polar surface area (TPSA) is 78.6 Å². The van der Waals surface area contributed by atoms with Crippen LogP contribution in [0.15, 0.2) is 23.0 Å². The Morgan fingerprint density at radius 2 is 1.91 bits per heavy atom. The van der Waals surface area contributed by atoms with Crippen LogP contribution in [-0.4, -0.2) is 50.5 Å². The quantitative estimate of drug-likeness (QED) is 0.693. The molecule has 0 atom stereocenters. The van der Waals surface area contributed by atoms with Crippen molar-refractivity contribution in [3.63, 3.8) is 0 Å². The lowest BCUT2D eigenvalue weighted by Crippen LogP contribution is -2.41. The van der Waals surface area contributed by atoms with Gasteiger partial charge in [-0.1, -0.05) is 25.0 Å². The zero-order chi connectivity index (χ0) is 23.2. The lowest BCUT2D eigenvalue weighted by Gasteiger charge is -2.32.